The molecular weight excluding hydrogens is 703 g/mol. The third kappa shape index (κ3) is 8.08. The molecule has 13 heteroatoms. The van der Waals surface area contributed by atoms with E-state index in [0.29, 0.717) is 37.4 Å². The summed E-state index contributed by atoms with van der Waals surface area (Å²) in [6, 6.07) is 9.70. The summed E-state index contributed by atoms with van der Waals surface area (Å²) in [6.45, 7) is 15.6. The lowest BCUT2D eigenvalue weighted by atomic mass is 9.84. The number of esters is 1. The van der Waals surface area contributed by atoms with Gasteiger partial charge in [-0.1, -0.05) is 38.6 Å². The third-order valence-electron chi connectivity index (χ3n) is 9.95. The number of hydrazine groups is 1. The fraction of sp³-hybridized carbons (Fsp3) is 0.415. The second-order valence-corrected chi connectivity index (χ2v) is 15.3. The maximum absolute atomic E-state index is 14.1. The molecule has 5 heterocycles. The number of pyridine rings is 1. The fourth-order valence-electron chi connectivity index (χ4n) is 7.21. The molecule has 284 valence electrons. The molecule has 12 nitrogen and oxygen atoms in total. The number of fused-ring (bicyclic) bond motifs is 6. The Kier molecular flexibility index (Phi) is 11.9. The van der Waals surface area contributed by atoms with Crippen LogP contribution in [0.4, 0.5) is 0 Å². The van der Waals surface area contributed by atoms with Crippen LogP contribution in [0.3, 0.4) is 0 Å². The number of ether oxygens (including phenoxy) is 2. The highest BCUT2D eigenvalue weighted by atomic mass is 32.1. The van der Waals surface area contributed by atoms with Crippen molar-refractivity contribution in [2.24, 2.45) is 10.4 Å². The molecule has 3 atom stereocenters. The van der Waals surface area contributed by atoms with Crippen LogP contribution >= 0.6 is 11.3 Å². The van der Waals surface area contributed by atoms with Crippen LogP contribution in [0.2, 0.25) is 0 Å². The van der Waals surface area contributed by atoms with E-state index >= 15 is 0 Å². The summed E-state index contributed by atoms with van der Waals surface area (Å²) in [6.07, 6.45) is 6.68. The van der Waals surface area contributed by atoms with Gasteiger partial charge in [0.2, 0.25) is 0 Å². The molecule has 0 spiro atoms. The highest BCUT2D eigenvalue weighted by Crippen LogP contribution is 2.40. The van der Waals surface area contributed by atoms with Gasteiger partial charge in [0, 0.05) is 71.9 Å². The van der Waals surface area contributed by atoms with Crippen LogP contribution in [0.25, 0.3) is 27.7 Å². The number of benzene rings is 1. The zero-order valence-electron chi connectivity index (χ0n) is 31.8. The van der Waals surface area contributed by atoms with Crippen molar-refractivity contribution in [2.75, 3.05) is 20.3 Å². The summed E-state index contributed by atoms with van der Waals surface area (Å²) in [5, 5.41) is 8.04. The first-order chi connectivity index (χ1) is 26.0. The van der Waals surface area contributed by atoms with Gasteiger partial charge >= 0.3 is 5.97 Å². The summed E-state index contributed by atoms with van der Waals surface area (Å²) in [5.74, 6) is -1.27. The highest BCUT2D eigenvalue weighted by molar-refractivity contribution is 7.10. The van der Waals surface area contributed by atoms with Crippen molar-refractivity contribution in [1.82, 2.24) is 30.3 Å². The monoisotopic (exact) mass is 751 g/mol. The lowest BCUT2D eigenvalue weighted by Gasteiger charge is -2.35. The topological polar surface area (TPSA) is 140 Å². The molecule has 2 aliphatic rings. The summed E-state index contributed by atoms with van der Waals surface area (Å²) in [4.78, 5) is 55.0. The van der Waals surface area contributed by atoms with Crippen molar-refractivity contribution in [3.63, 3.8) is 0 Å². The van der Waals surface area contributed by atoms with Gasteiger partial charge in [-0.3, -0.25) is 29.4 Å². The Hall–Kier alpha value is -4.98. The third-order valence-corrected chi connectivity index (χ3v) is 10.8. The predicted octanol–water partition coefficient (Wildman–Crippen LogP) is 6.16. The maximum Gasteiger partial charge on any atom is 0.324 e. The van der Waals surface area contributed by atoms with Crippen LogP contribution in [-0.4, -0.2) is 82.0 Å². The molecule has 2 N–H and O–H groups in total. The SMILES string of the molecule is C=C/C(=C(\N=CC)[C@H](C)OC)c1c2c3cc(ccc3n1CC)-c1csc(n1)C[C@H](NC(=O)c1ccccn1)C(=O)N1CCC[C@H](N1)C(=O)OCC(C)(C)C2. The molecule has 4 aromatic rings. The number of hydrogen-bond donors (Lipinski definition) is 2. The van der Waals surface area contributed by atoms with Gasteiger partial charge in [0.25, 0.3) is 11.8 Å². The number of aromatic nitrogens is 3. The Bertz CT molecular complexity index is 2100. The molecule has 3 aromatic heterocycles. The van der Waals surface area contributed by atoms with Crippen molar-refractivity contribution in [1.29, 1.82) is 0 Å². The first-order valence-corrected chi connectivity index (χ1v) is 19.3. The quantitative estimate of drug-likeness (QED) is 0.124. The van der Waals surface area contributed by atoms with Crippen LogP contribution < -0.4 is 10.7 Å². The Labute approximate surface area is 320 Å². The largest absolute Gasteiger partial charge is 0.464 e. The number of methoxy groups -OCH3 is 1. The zero-order valence-corrected chi connectivity index (χ0v) is 32.7. The van der Waals surface area contributed by atoms with Crippen molar-refractivity contribution >= 4 is 51.8 Å². The van der Waals surface area contributed by atoms with Crippen LogP contribution in [0, 0.1) is 5.41 Å². The highest BCUT2D eigenvalue weighted by Gasteiger charge is 2.36. The number of aliphatic imine (C=N–C) groups is 1. The maximum atomic E-state index is 14.1. The van der Waals surface area contributed by atoms with Crippen LogP contribution in [0.15, 0.2) is 71.3 Å². The number of cyclic esters (lactones) is 1. The lowest BCUT2D eigenvalue weighted by molar-refractivity contribution is -0.155. The zero-order chi connectivity index (χ0) is 38.6. The number of nitrogens with zero attached hydrogens (tertiary/aromatic N) is 5. The summed E-state index contributed by atoms with van der Waals surface area (Å²) in [5.41, 5.74) is 9.26. The van der Waals surface area contributed by atoms with Gasteiger partial charge in [0.1, 0.15) is 17.8 Å². The number of nitrogens with one attached hydrogen (secondary N) is 2. The molecule has 6 bridgehead atoms. The number of hydrogen-bond acceptors (Lipinski definition) is 10. The van der Waals surface area contributed by atoms with Crippen LogP contribution in [-0.2, 0) is 38.4 Å². The standard InChI is InChI=1S/C41H49N7O5S/c1-8-27(36(42-9-2)25(4)52-7)37-29-22-41(5,6)24-53-40(51)31-15-13-19-48(46-31)39(50)32(45-38(49)30-14-11-12-18-43-30)21-35-44-33(23-54-35)26-16-17-34(28(29)20-26)47(37)10-3/h8-9,11-12,14,16-18,20,23,25,31-32,46H,1,10,13,15,19,21-22,24H2,2-7H3,(H,45,49)/b36-27+,42-9?/t25-,31-,32-/m0/s1. The summed E-state index contributed by atoms with van der Waals surface area (Å²) in [7, 11) is 1.67. The van der Waals surface area contributed by atoms with Crippen molar-refractivity contribution in [3.8, 4) is 11.3 Å². The van der Waals surface area contributed by atoms with E-state index in [2.05, 4.69) is 65.8 Å². The van der Waals surface area contributed by atoms with Gasteiger partial charge in [0.15, 0.2) is 0 Å². The first kappa shape index (κ1) is 38.7. The molecule has 0 radical (unpaired) electrons. The van der Waals surface area contributed by atoms with E-state index in [-0.39, 0.29) is 30.7 Å². The van der Waals surface area contributed by atoms with E-state index in [1.54, 1.807) is 31.5 Å². The van der Waals surface area contributed by atoms with Gasteiger partial charge in [-0.25, -0.2) is 10.4 Å². The van der Waals surface area contributed by atoms with Crippen molar-refractivity contribution in [3.05, 3.63) is 88.3 Å². The molecule has 2 aliphatic heterocycles. The minimum Gasteiger partial charge on any atom is -0.464 e. The second kappa shape index (κ2) is 16.6. The molecule has 54 heavy (non-hydrogen) atoms. The summed E-state index contributed by atoms with van der Waals surface area (Å²) >= 11 is 1.43. The minimum atomic E-state index is -0.965. The van der Waals surface area contributed by atoms with Crippen molar-refractivity contribution < 1.29 is 23.9 Å². The van der Waals surface area contributed by atoms with E-state index < -0.39 is 29.4 Å². The molecule has 1 aromatic carbocycles. The smallest absolute Gasteiger partial charge is 0.324 e. The number of aryl methyl sites for hydroxylation is 1. The number of thiazole rings is 1. The van der Waals surface area contributed by atoms with Gasteiger partial charge in [-0.15, -0.1) is 11.3 Å². The minimum absolute atomic E-state index is 0.148. The Morgan fingerprint density at radius 2 is 2.09 bits per heavy atom. The molecule has 1 saturated heterocycles. The van der Waals surface area contributed by atoms with Gasteiger partial charge in [-0.05, 0) is 69.9 Å². The van der Waals surface area contributed by atoms with Gasteiger partial charge in [0.05, 0.1) is 34.8 Å². The lowest BCUT2D eigenvalue weighted by Crippen LogP contribution is -2.60. The Morgan fingerprint density at radius 1 is 1.28 bits per heavy atom. The Balaban J connectivity index is 1.51. The van der Waals surface area contributed by atoms with E-state index in [1.807, 2.05) is 25.3 Å². The Morgan fingerprint density at radius 3 is 2.80 bits per heavy atom. The molecule has 1 fully saturated rings. The van der Waals surface area contributed by atoms with Gasteiger partial charge in [-0.2, -0.15) is 0 Å². The number of rotatable bonds is 8. The van der Waals surface area contributed by atoms with Gasteiger partial charge < -0.3 is 19.4 Å². The molecule has 2 amide bonds. The van der Waals surface area contributed by atoms with Crippen molar-refractivity contribution in [2.45, 2.75) is 85.0 Å². The van der Waals surface area contributed by atoms with Crippen LogP contribution in [0.1, 0.15) is 74.2 Å². The summed E-state index contributed by atoms with van der Waals surface area (Å²) < 4.78 is 14.1. The molecule has 6 rings (SSSR count). The molecule has 0 unspecified atom stereocenters. The molecule has 0 saturated carbocycles. The normalized spacial score (nSPS) is 20.3. The molecular formula is C41H49N7O5S. The van der Waals surface area contributed by atoms with E-state index in [9.17, 15) is 14.4 Å². The first-order valence-electron chi connectivity index (χ1n) is 18.4. The number of allylic oxidation sites excluding steroid dienone is 2. The number of amides is 2. The fourth-order valence-corrected chi connectivity index (χ4v) is 8.06. The molecule has 0 aliphatic carbocycles. The predicted molar refractivity (Wildman–Crippen MR) is 212 cm³/mol. The average Bonchev–Trinajstić information content (AvgIpc) is 3.77. The average molecular weight is 752 g/mol. The van der Waals surface area contributed by atoms with E-state index in [0.717, 1.165) is 44.7 Å². The number of carbonyl (C=O) groups excluding carboxylic acids is 3. The second-order valence-electron chi connectivity index (χ2n) is 14.4. The van der Waals surface area contributed by atoms with Crippen LogP contribution in [0.5, 0.6) is 0 Å². The van der Waals surface area contributed by atoms with E-state index in [4.69, 9.17) is 19.5 Å². The van der Waals surface area contributed by atoms with E-state index in [1.165, 1.54) is 22.5 Å². The number of carbonyl (C=O) groups is 3.